The van der Waals surface area contributed by atoms with E-state index >= 15 is 0 Å². The fraction of sp³-hybridized carbons (Fsp3) is 0.500. The van der Waals surface area contributed by atoms with Crippen molar-refractivity contribution in [3.05, 3.63) is 30.6 Å². The summed E-state index contributed by atoms with van der Waals surface area (Å²) in [5, 5.41) is 1.73. The van der Waals surface area contributed by atoms with Gasteiger partial charge in [-0.2, -0.15) is 0 Å². The third kappa shape index (κ3) is 3.38. The molecule has 0 unspecified atom stereocenters. The molecule has 118 valence electrons. The predicted octanol–water partition coefficient (Wildman–Crippen LogP) is 3.44. The Morgan fingerprint density at radius 1 is 1.36 bits per heavy atom. The molecule has 0 N–H and O–H groups in total. The number of thioether (sulfide) groups is 1. The zero-order valence-corrected chi connectivity index (χ0v) is 13.8. The summed E-state index contributed by atoms with van der Waals surface area (Å²) in [7, 11) is 0. The Morgan fingerprint density at radius 2 is 2.14 bits per heavy atom. The monoisotopic (exact) mass is 319 g/mol. The highest BCUT2D eigenvalue weighted by Crippen LogP contribution is 2.30. The average molecular weight is 319 g/mol. The third-order valence-corrected chi connectivity index (χ3v) is 5.09. The summed E-state index contributed by atoms with van der Waals surface area (Å²) in [5.74, 6) is 0. The van der Waals surface area contributed by atoms with Crippen LogP contribution in [-0.2, 0) is 4.74 Å². The predicted molar refractivity (Wildman–Crippen MR) is 87.3 cm³/mol. The summed E-state index contributed by atoms with van der Waals surface area (Å²) >= 11 is 1.87. The fourth-order valence-electron chi connectivity index (χ4n) is 2.62. The minimum atomic E-state index is -0.185. The second-order valence-corrected chi connectivity index (χ2v) is 7.08. The molecule has 0 bridgehead atoms. The number of carbonyl (C=O) groups excluding carboxylic acids is 1. The van der Waals surface area contributed by atoms with Crippen molar-refractivity contribution < 1.29 is 9.53 Å². The average Bonchev–Trinajstić information content (AvgIpc) is 2.97. The Hall–Kier alpha value is -1.69. The van der Waals surface area contributed by atoms with Gasteiger partial charge in [0.05, 0.1) is 11.1 Å². The van der Waals surface area contributed by atoms with Crippen molar-refractivity contribution in [2.75, 3.05) is 13.1 Å². The maximum atomic E-state index is 11.9. The number of hydrogen-bond donors (Lipinski definition) is 0. The highest BCUT2D eigenvalue weighted by Gasteiger charge is 2.25. The van der Waals surface area contributed by atoms with Gasteiger partial charge in [-0.25, -0.2) is 9.78 Å². The number of imidazole rings is 1. The van der Waals surface area contributed by atoms with Gasteiger partial charge in [0.1, 0.15) is 5.65 Å². The number of rotatable bonds is 3. The van der Waals surface area contributed by atoms with Gasteiger partial charge in [-0.3, -0.25) is 4.40 Å². The summed E-state index contributed by atoms with van der Waals surface area (Å²) in [6.45, 7) is 5.30. The molecule has 2 aromatic rings. The van der Waals surface area contributed by atoms with Crippen LogP contribution in [0.5, 0.6) is 0 Å². The first-order valence-corrected chi connectivity index (χ1v) is 8.56. The van der Waals surface area contributed by atoms with E-state index in [-0.39, 0.29) is 12.2 Å². The topological polar surface area (TPSA) is 46.8 Å². The van der Waals surface area contributed by atoms with Gasteiger partial charge >= 0.3 is 6.09 Å². The van der Waals surface area contributed by atoms with Gasteiger partial charge in [-0.15, -0.1) is 11.8 Å². The maximum absolute atomic E-state index is 11.9. The quantitative estimate of drug-likeness (QED) is 0.869. The molecule has 0 spiro atoms. The van der Waals surface area contributed by atoms with Crippen molar-refractivity contribution in [1.82, 2.24) is 14.3 Å². The molecule has 0 atom stereocenters. The maximum Gasteiger partial charge on any atom is 0.410 e. The first-order valence-electron chi connectivity index (χ1n) is 7.68. The number of hydrogen-bond acceptors (Lipinski definition) is 4. The standard InChI is InChI=1S/C16H21N3O2S/c1-12(2)21-16(20)18-9-6-13(7-10-18)22-15-5-3-4-14-17-8-11-19(14)15/h3-5,8,11-13H,6-7,9-10H2,1-2H3. The van der Waals surface area contributed by atoms with Crippen LogP contribution in [-0.4, -0.2) is 44.8 Å². The van der Waals surface area contributed by atoms with Crippen molar-refractivity contribution >= 4 is 23.5 Å². The molecule has 1 aliphatic heterocycles. The number of pyridine rings is 1. The first-order chi connectivity index (χ1) is 10.6. The lowest BCUT2D eigenvalue weighted by atomic mass is 10.1. The molecule has 0 aromatic carbocycles. The summed E-state index contributed by atoms with van der Waals surface area (Å²) in [6, 6.07) is 6.17. The molecule has 1 saturated heterocycles. The zero-order chi connectivity index (χ0) is 15.5. The van der Waals surface area contributed by atoms with Crippen LogP contribution in [0.15, 0.2) is 35.6 Å². The van der Waals surface area contributed by atoms with E-state index in [0.717, 1.165) is 31.6 Å². The smallest absolute Gasteiger partial charge is 0.410 e. The fourth-order valence-corrected chi connectivity index (χ4v) is 3.83. The number of carbonyl (C=O) groups is 1. The molecule has 3 rings (SSSR count). The van der Waals surface area contributed by atoms with Crippen LogP contribution in [0.2, 0.25) is 0 Å². The third-order valence-electron chi connectivity index (χ3n) is 3.72. The van der Waals surface area contributed by atoms with E-state index in [2.05, 4.69) is 15.5 Å². The largest absolute Gasteiger partial charge is 0.447 e. The number of nitrogens with zero attached hydrogens (tertiary/aromatic N) is 3. The molecule has 0 saturated carbocycles. The Labute approximate surface area is 134 Å². The molecule has 0 radical (unpaired) electrons. The van der Waals surface area contributed by atoms with E-state index in [0.29, 0.717) is 5.25 Å². The molecule has 2 aromatic heterocycles. The van der Waals surface area contributed by atoms with E-state index in [1.165, 1.54) is 5.03 Å². The molecule has 1 aliphatic rings. The van der Waals surface area contributed by atoms with Crippen LogP contribution in [0.3, 0.4) is 0 Å². The lowest BCUT2D eigenvalue weighted by Gasteiger charge is -2.31. The SMILES string of the molecule is CC(C)OC(=O)N1CCC(Sc2cccc3nccn23)CC1. The lowest BCUT2D eigenvalue weighted by Crippen LogP contribution is -2.40. The van der Waals surface area contributed by atoms with Crippen LogP contribution >= 0.6 is 11.8 Å². The molecule has 1 amide bonds. The number of fused-ring (bicyclic) bond motifs is 1. The van der Waals surface area contributed by atoms with E-state index in [9.17, 15) is 4.79 Å². The Balaban J connectivity index is 1.58. The van der Waals surface area contributed by atoms with Gasteiger partial charge < -0.3 is 9.64 Å². The second-order valence-electron chi connectivity index (χ2n) is 5.76. The Bertz CT molecular complexity index is 648. The minimum absolute atomic E-state index is 0.0570. The van der Waals surface area contributed by atoms with Crippen molar-refractivity contribution in [2.45, 2.75) is 43.1 Å². The van der Waals surface area contributed by atoms with Crippen LogP contribution in [0.1, 0.15) is 26.7 Å². The van der Waals surface area contributed by atoms with Crippen molar-refractivity contribution in [2.24, 2.45) is 0 Å². The van der Waals surface area contributed by atoms with Crippen LogP contribution in [0.25, 0.3) is 5.65 Å². The van der Waals surface area contributed by atoms with E-state index in [4.69, 9.17) is 4.74 Å². The van der Waals surface area contributed by atoms with E-state index < -0.39 is 0 Å². The van der Waals surface area contributed by atoms with E-state index in [1.54, 1.807) is 0 Å². The van der Waals surface area contributed by atoms with Gasteiger partial charge in [0.15, 0.2) is 0 Å². The van der Waals surface area contributed by atoms with Gasteiger partial charge in [-0.1, -0.05) is 6.07 Å². The summed E-state index contributed by atoms with van der Waals surface area (Å²) in [5.41, 5.74) is 0.975. The summed E-state index contributed by atoms with van der Waals surface area (Å²) in [6.07, 6.45) is 5.55. The number of piperidine rings is 1. The first kappa shape index (κ1) is 15.2. The molecule has 0 aliphatic carbocycles. The molecule has 5 nitrogen and oxygen atoms in total. The van der Waals surface area contributed by atoms with Crippen molar-refractivity contribution in [3.63, 3.8) is 0 Å². The van der Waals surface area contributed by atoms with Crippen molar-refractivity contribution in [1.29, 1.82) is 0 Å². The molecule has 1 fully saturated rings. The van der Waals surface area contributed by atoms with Gasteiger partial charge in [0.2, 0.25) is 0 Å². The highest BCUT2D eigenvalue weighted by molar-refractivity contribution is 7.99. The highest BCUT2D eigenvalue weighted by atomic mass is 32.2. The molecule has 3 heterocycles. The van der Waals surface area contributed by atoms with Gasteiger partial charge in [0, 0.05) is 30.7 Å². The number of aromatic nitrogens is 2. The van der Waals surface area contributed by atoms with Crippen molar-refractivity contribution in [3.8, 4) is 0 Å². The Kier molecular flexibility index (Phi) is 4.57. The number of ether oxygens (including phenoxy) is 1. The lowest BCUT2D eigenvalue weighted by molar-refractivity contribution is 0.0717. The van der Waals surface area contributed by atoms with Crippen LogP contribution in [0, 0.1) is 0 Å². The second kappa shape index (κ2) is 6.60. The van der Waals surface area contributed by atoms with Crippen LogP contribution < -0.4 is 0 Å². The van der Waals surface area contributed by atoms with E-state index in [1.807, 2.05) is 55.0 Å². The minimum Gasteiger partial charge on any atom is -0.447 e. The number of likely N-dealkylation sites (tertiary alicyclic amines) is 1. The summed E-state index contributed by atoms with van der Waals surface area (Å²) < 4.78 is 7.37. The van der Waals surface area contributed by atoms with Gasteiger partial charge in [-0.05, 0) is 38.8 Å². The summed E-state index contributed by atoms with van der Waals surface area (Å²) in [4.78, 5) is 18.0. The van der Waals surface area contributed by atoms with Crippen LogP contribution in [0.4, 0.5) is 4.79 Å². The molecule has 22 heavy (non-hydrogen) atoms. The van der Waals surface area contributed by atoms with Gasteiger partial charge in [0.25, 0.3) is 0 Å². The zero-order valence-electron chi connectivity index (χ0n) is 12.9. The normalized spacial score (nSPS) is 16.4. The number of amides is 1. The molecular formula is C16H21N3O2S. The molecule has 6 heteroatoms. The molecular weight excluding hydrogens is 298 g/mol. The Morgan fingerprint density at radius 3 is 2.86 bits per heavy atom.